The largest absolute Gasteiger partial charge is 0.461 e. The maximum atomic E-state index is 12.5. The smallest absolute Gasteiger partial charge is 0.259 e. The summed E-state index contributed by atoms with van der Waals surface area (Å²) >= 11 is 15.4. The van der Waals surface area contributed by atoms with Gasteiger partial charge in [-0.2, -0.15) is 0 Å². The number of halogens is 3. The van der Waals surface area contributed by atoms with E-state index in [0.29, 0.717) is 32.8 Å². The van der Waals surface area contributed by atoms with Gasteiger partial charge < -0.3 is 9.73 Å². The number of rotatable bonds is 3. The second kappa shape index (κ2) is 7.01. The van der Waals surface area contributed by atoms with Crippen LogP contribution in [0.2, 0.25) is 10.0 Å². The second-order valence-corrected chi connectivity index (χ2v) is 6.99. The van der Waals surface area contributed by atoms with Crippen LogP contribution in [0.1, 0.15) is 16.1 Å². The third-order valence-electron chi connectivity index (χ3n) is 3.41. The molecule has 0 unspecified atom stereocenters. The number of hydrogen-bond donors (Lipinski definition) is 1. The van der Waals surface area contributed by atoms with Gasteiger partial charge in [-0.25, -0.2) is 0 Å². The van der Waals surface area contributed by atoms with E-state index in [9.17, 15) is 4.79 Å². The van der Waals surface area contributed by atoms with E-state index in [0.717, 1.165) is 10.0 Å². The molecule has 0 aliphatic carbocycles. The Balaban J connectivity index is 1.88. The molecule has 3 nitrogen and oxygen atoms in total. The first kappa shape index (κ1) is 17.1. The van der Waals surface area contributed by atoms with Gasteiger partial charge in [0.2, 0.25) is 0 Å². The van der Waals surface area contributed by atoms with Crippen LogP contribution in [0, 0.1) is 6.92 Å². The second-order valence-electron chi connectivity index (χ2n) is 5.20. The number of carbonyl (C=O) groups excluding carboxylic acids is 1. The van der Waals surface area contributed by atoms with E-state index in [1.165, 1.54) is 0 Å². The Kier molecular flexibility index (Phi) is 4.99. The van der Waals surface area contributed by atoms with Gasteiger partial charge in [-0.1, -0.05) is 39.1 Å². The molecule has 0 aliphatic heterocycles. The SMILES string of the molecule is Cc1oc(-c2cc(Cl)cc(Cl)c2)cc1C(=O)Nc1ccc(Br)cc1. The Hall–Kier alpha value is -1.75. The molecule has 0 atom stereocenters. The summed E-state index contributed by atoms with van der Waals surface area (Å²) in [6.07, 6.45) is 0. The molecule has 0 bridgehead atoms. The highest BCUT2D eigenvalue weighted by Gasteiger charge is 2.17. The number of benzene rings is 2. The lowest BCUT2D eigenvalue weighted by atomic mass is 10.1. The topological polar surface area (TPSA) is 42.2 Å². The van der Waals surface area contributed by atoms with Crippen molar-refractivity contribution in [1.29, 1.82) is 0 Å². The van der Waals surface area contributed by atoms with Gasteiger partial charge in [0.1, 0.15) is 11.5 Å². The molecule has 1 heterocycles. The van der Waals surface area contributed by atoms with Gasteiger partial charge in [-0.05, 0) is 55.5 Å². The fourth-order valence-corrected chi connectivity index (χ4v) is 3.07. The molecule has 1 N–H and O–H groups in total. The van der Waals surface area contributed by atoms with Crippen molar-refractivity contribution in [2.45, 2.75) is 6.92 Å². The number of anilines is 1. The van der Waals surface area contributed by atoms with E-state index in [-0.39, 0.29) is 5.91 Å². The molecule has 0 saturated heterocycles. The monoisotopic (exact) mass is 423 g/mol. The summed E-state index contributed by atoms with van der Waals surface area (Å²) in [5.41, 5.74) is 1.89. The Morgan fingerprint density at radius 1 is 1.04 bits per heavy atom. The van der Waals surface area contributed by atoms with Crippen molar-refractivity contribution in [2.24, 2.45) is 0 Å². The Labute approximate surface area is 157 Å². The highest BCUT2D eigenvalue weighted by Crippen LogP contribution is 2.30. The Bertz CT molecular complexity index is 884. The first-order valence-corrected chi connectivity index (χ1v) is 8.61. The molecule has 0 fully saturated rings. The van der Waals surface area contributed by atoms with Crippen LogP contribution >= 0.6 is 39.1 Å². The Morgan fingerprint density at radius 3 is 2.29 bits per heavy atom. The lowest BCUT2D eigenvalue weighted by Gasteiger charge is -2.03. The first-order chi connectivity index (χ1) is 11.4. The summed E-state index contributed by atoms with van der Waals surface area (Å²) in [5, 5.41) is 3.86. The van der Waals surface area contributed by atoms with Crippen LogP contribution in [-0.2, 0) is 0 Å². The zero-order chi connectivity index (χ0) is 17.3. The molecule has 24 heavy (non-hydrogen) atoms. The average Bonchev–Trinajstić information content (AvgIpc) is 2.91. The van der Waals surface area contributed by atoms with E-state index >= 15 is 0 Å². The maximum Gasteiger partial charge on any atom is 0.259 e. The molecule has 3 rings (SSSR count). The van der Waals surface area contributed by atoms with E-state index in [2.05, 4.69) is 21.2 Å². The highest BCUT2D eigenvalue weighted by molar-refractivity contribution is 9.10. The molecule has 0 aliphatic rings. The van der Waals surface area contributed by atoms with Crippen LogP contribution in [0.5, 0.6) is 0 Å². The lowest BCUT2D eigenvalue weighted by Crippen LogP contribution is -2.11. The van der Waals surface area contributed by atoms with E-state index < -0.39 is 0 Å². The van der Waals surface area contributed by atoms with Crippen molar-refractivity contribution in [3.05, 3.63) is 74.4 Å². The van der Waals surface area contributed by atoms with Crippen LogP contribution in [0.15, 0.2) is 57.4 Å². The zero-order valence-electron chi connectivity index (χ0n) is 12.6. The fourth-order valence-electron chi connectivity index (χ4n) is 2.28. The molecule has 0 saturated carbocycles. The zero-order valence-corrected chi connectivity index (χ0v) is 15.7. The molecule has 1 amide bonds. The molecule has 0 spiro atoms. The molecule has 1 aromatic heterocycles. The minimum Gasteiger partial charge on any atom is -0.461 e. The normalized spacial score (nSPS) is 10.7. The molecular weight excluding hydrogens is 413 g/mol. The van der Waals surface area contributed by atoms with Gasteiger partial charge in [-0.15, -0.1) is 0 Å². The van der Waals surface area contributed by atoms with Crippen molar-refractivity contribution in [1.82, 2.24) is 0 Å². The maximum absolute atomic E-state index is 12.5. The predicted molar refractivity (Wildman–Crippen MR) is 101 cm³/mol. The van der Waals surface area contributed by atoms with Crippen molar-refractivity contribution in [3.63, 3.8) is 0 Å². The minimum atomic E-state index is -0.238. The molecule has 2 aromatic carbocycles. The van der Waals surface area contributed by atoms with Gasteiger partial charge in [0.25, 0.3) is 5.91 Å². The van der Waals surface area contributed by atoms with Crippen molar-refractivity contribution in [3.8, 4) is 11.3 Å². The van der Waals surface area contributed by atoms with Gasteiger partial charge in [0, 0.05) is 25.8 Å². The van der Waals surface area contributed by atoms with Crippen LogP contribution in [0.25, 0.3) is 11.3 Å². The van der Waals surface area contributed by atoms with E-state index in [4.69, 9.17) is 27.6 Å². The number of furan rings is 1. The van der Waals surface area contributed by atoms with Crippen LogP contribution in [0.4, 0.5) is 5.69 Å². The number of amides is 1. The van der Waals surface area contributed by atoms with E-state index in [1.807, 2.05) is 24.3 Å². The number of aryl methyl sites for hydroxylation is 1. The molecule has 0 radical (unpaired) electrons. The predicted octanol–water partition coefficient (Wildman–Crippen LogP) is 6.58. The number of nitrogens with one attached hydrogen (secondary N) is 1. The first-order valence-electron chi connectivity index (χ1n) is 7.06. The third kappa shape index (κ3) is 3.83. The van der Waals surface area contributed by atoms with Crippen LogP contribution < -0.4 is 5.32 Å². The number of hydrogen-bond acceptors (Lipinski definition) is 2. The molecule has 6 heteroatoms. The van der Waals surface area contributed by atoms with Gasteiger partial charge in [0.15, 0.2) is 0 Å². The van der Waals surface area contributed by atoms with Gasteiger partial charge in [0.05, 0.1) is 5.56 Å². The van der Waals surface area contributed by atoms with Crippen molar-refractivity contribution < 1.29 is 9.21 Å². The van der Waals surface area contributed by atoms with Gasteiger partial charge >= 0.3 is 0 Å². The summed E-state index contributed by atoms with van der Waals surface area (Å²) in [6.45, 7) is 1.74. The minimum absolute atomic E-state index is 0.238. The standard InChI is InChI=1S/C18H12BrCl2NO2/c1-10-16(18(23)22-15-4-2-12(19)3-5-15)9-17(24-10)11-6-13(20)8-14(21)7-11/h2-9H,1H3,(H,22,23). The summed E-state index contributed by atoms with van der Waals surface area (Å²) < 4.78 is 6.65. The summed E-state index contributed by atoms with van der Waals surface area (Å²) in [5.74, 6) is 0.825. The summed E-state index contributed by atoms with van der Waals surface area (Å²) in [4.78, 5) is 12.5. The molecule has 122 valence electrons. The fraction of sp³-hybridized carbons (Fsp3) is 0.0556. The van der Waals surface area contributed by atoms with Crippen LogP contribution in [-0.4, -0.2) is 5.91 Å². The quantitative estimate of drug-likeness (QED) is 0.516. The van der Waals surface area contributed by atoms with Gasteiger partial charge in [-0.3, -0.25) is 4.79 Å². The lowest BCUT2D eigenvalue weighted by molar-refractivity contribution is 0.102. The number of carbonyl (C=O) groups is 1. The molecule has 3 aromatic rings. The highest BCUT2D eigenvalue weighted by atomic mass is 79.9. The van der Waals surface area contributed by atoms with E-state index in [1.54, 1.807) is 31.2 Å². The average molecular weight is 425 g/mol. The summed E-state index contributed by atoms with van der Waals surface area (Å²) in [7, 11) is 0. The van der Waals surface area contributed by atoms with Crippen molar-refractivity contribution >= 4 is 50.7 Å². The molecular formula is C18H12BrCl2NO2. The third-order valence-corrected chi connectivity index (χ3v) is 4.38. The Morgan fingerprint density at radius 2 is 1.67 bits per heavy atom. The van der Waals surface area contributed by atoms with Crippen molar-refractivity contribution in [2.75, 3.05) is 5.32 Å². The summed E-state index contributed by atoms with van der Waals surface area (Å²) in [6, 6.07) is 14.2. The van der Waals surface area contributed by atoms with Crippen LogP contribution in [0.3, 0.4) is 0 Å².